The van der Waals surface area contributed by atoms with Gasteiger partial charge >= 0.3 is 0 Å². The van der Waals surface area contributed by atoms with Crippen LogP contribution in [-0.2, 0) is 13.1 Å². The van der Waals surface area contributed by atoms with Gasteiger partial charge in [-0.15, -0.1) is 0 Å². The first-order valence-corrected chi connectivity index (χ1v) is 8.20. The quantitative estimate of drug-likeness (QED) is 0.682. The van der Waals surface area contributed by atoms with E-state index in [1.807, 2.05) is 54.7 Å². The minimum atomic E-state index is -0.623. The molecule has 0 saturated heterocycles. The Morgan fingerprint density at radius 1 is 1.16 bits per heavy atom. The minimum Gasteiger partial charge on any atom is -0.497 e. The highest BCUT2D eigenvalue weighted by Crippen LogP contribution is 2.21. The molecule has 0 aliphatic carbocycles. The normalized spacial score (nSPS) is 12.3. The summed E-state index contributed by atoms with van der Waals surface area (Å²) in [6.07, 6.45) is 4.64. The second-order valence-electron chi connectivity index (χ2n) is 5.90. The molecule has 1 unspecified atom stereocenters. The van der Waals surface area contributed by atoms with E-state index < -0.39 is 6.10 Å². The molecule has 3 rings (SSSR count). The Morgan fingerprint density at radius 2 is 2.08 bits per heavy atom. The maximum Gasteiger partial charge on any atom is 0.119 e. The van der Waals surface area contributed by atoms with Gasteiger partial charge in [0.1, 0.15) is 11.5 Å². The summed E-state index contributed by atoms with van der Waals surface area (Å²) in [6, 6.07) is 15.3. The third kappa shape index (κ3) is 4.92. The molecule has 3 aromatic rings. The van der Waals surface area contributed by atoms with Gasteiger partial charge in [0.2, 0.25) is 0 Å². The first kappa shape index (κ1) is 17.2. The molecule has 1 atom stereocenters. The molecule has 0 fully saturated rings. The van der Waals surface area contributed by atoms with E-state index >= 15 is 0 Å². The molecule has 5 heteroatoms. The van der Waals surface area contributed by atoms with Crippen molar-refractivity contribution in [2.75, 3.05) is 13.7 Å². The van der Waals surface area contributed by atoms with E-state index in [4.69, 9.17) is 9.15 Å². The van der Waals surface area contributed by atoms with Crippen LogP contribution < -0.4 is 4.74 Å². The van der Waals surface area contributed by atoms with Gasteiger partial charge in [0.05, 0.1) is 26.0 Å². The van der Waals surface area contributed by atoms with Crippen molar-refractivity contribution in [3.05, 3.63) is 84.1 Å². The number of pyridine rings is 1. The summed E-state index contributed by atoms with van der Waals surface area (Å²) in [5.41, 5.74) is 1.92. The van der Waals surface area contributed by atoms with Crippen molar-refractivity contribution in [3.63, 3.8) is 0 Å². The molecule has 2 aromatic heterocycles. The maximum atomic E-state index is 10.7. The monoisotopic (exact) mass is 338 g/mol. The number of benzene rings is 1. The van der Waals surface area contributed by atoms with Crippen LogP contribution in [0.1, 0.15) is 23.0 Å². The highest BCUT2D eigenvalue weighted by Gasteiger charge is 2.16. The topological polar surface area (TPSA) is 58.7 Å². The van der Waals surface area contributed by atoms with Crippen molar-refractivity contribution in [1.82, 2.24) is 9.88 Å². The first-order valence-electron chi connectivity index (χ1n) is 8.20. The molecular weight excluding hydrogens is 316 g/mol. The molecule has 2 heterocycles. The zero-order valence-electron chi connectivity index (χ0n) is 14.2. The number of aliphatic hydroxyl groups is 1. The summed E-state index contributed by atoms with van der Waals surface area (Å²) in [6.45, 7) is 1.77. The molecule has 0 aliphatic heterocycles. The van der Waals surface area contributed by atoms with E-state index in [0.29, 0.717) is 19.6 Å². The average Bonchev–Trinajstić information content (AvgIpc) is 3.15. The molecule has 0 spiro atoms. The van der Waals surface area contributed by atoms with E-state index in [1.54, 1.807) is 19.6 Å². The minimum absolute atomic E-state index is 0.475. The third-order valence-corrected chi connectivity index (χ3v) is 4.00. The van der Waals surface area contributed by atoms with Crippen LogP contribution >= 0.6 is 0 Å². The lowest BCUT2D eigenvalue weighted by Crippen LogP contribution is -2.28. The van der Waals surface area contributed by atoms with Crippen LogP contribution in [0.5, 0.6) is 5.75 Å². The van der Waals surface area contributed by atoms with Gasteiger partial charge in [-0.2, -0.15) is 0 Å². The van der Waals surface area contributed by atoms with Crippen LogP contribution in [0.4, 0.5) is 0 Å². The fraction of sp³-hybridized carbons (Fsp3) is 0.250. The lowest BCUT2D eigenvalue weighted by Gasteiger charge is -2.24. The fourth-order valence-electron chi connectivity index (χ4n) is 2.76. The lowest BCUT2D eigenvalue weighted by atomic mass is 10.1. The maximum absolute atomic E-state index is 10.7. The largest absolute Gasteiger partial charge is 0.497 e. The van der Waals surface area contributed by atoms with Gasteiger partial charge in [-0.05, 0) is 41.5 Å². The zero-order valence-corrected chi connectivity index (χ0v) is 14.2. The van der Waals surface area contributed by atoms with Crippen molar-refractivity contribution in [2.24, 2.45) is 0 Å². The molecule has 1 N–H and O–H groups in total. The predicted molar refractivity (Wildman–Crippen MR) is 95.0 cm³/mol. The summed E-state index contributed by atoms with van der Waals surface area (Å²) in [7, 11) is 1.62. The predicted octanol–water partition coefficient (Wildman–Crippen LogP) is 3.42. The highest BCUT2D eigenvalue weighted by molar-refractivity contribution is 5.30. The smallest absolute Gasteiger partial charge is 0.119 e. The lowest BCUT2D eigenvalue weighted by molar-refractivity contribution is 0.100. The van der Waals surface area contributed by atoms with Crippen LogP contribution in [-0.4, -0.2) is 28.6 Å². The number of rotatable bonds is 8. The molecule has 0 saturated carbocycles. The Balaban J connectivity index is 1.73. The Kier molecular flexibility index (Phi) is 5.82. The summed E-state index contributed by atoms with van der Waals surface area (Å²) >= 11 is 0. The molecule has 5 nitrogen and oxygen atoms in total. The number of hydrogen-bond donors (Lipinski definition) is 1. The van der Waals surface area contributed by atoms with Crippen LogP contribution in [0.25, 0.3) is 0 Å². The highest BCUT2D eigenvalue weighted by atomic mass is 16.5. The van der Waals surface area contributed by atoms with E-state index in [0.717, 1.165) is 22.6 Å². The van der Waals surface area contributed by atoms with E-state index in [-0.39, 0.29) is 0 Å². The van der Waals surface area contributed by atoms with Crippen molar-refractivity contribution in [3.8, 4) is 5.75 Å². The number of nitrogens with zero attached hydrogens (tertiary/aromatic N) is 2. The number of methoxy groups -OCH3 is 1. The zero-order chi connectivity index (χ0) is 17.5. The molecule has 1 aromatic carbocycles. The van der Waals surface area contributed by atoms with E-state index in [9.17, 15) is 5.11 Å². The van der Waals surface area contributed by atoms with Gasteiger partial charge < -0.3 is 14.3 Å². The molecule has 0 aliphatic rings. The van der Waals surface area contributed by atoms with Crippen LogP contribution in [0, 0.1) is 0 Å². The number of furan rings is 1. The second-order valence-corrected chi connectivity index (χ2v) is 5.90. The Hall–Kier alpha value is -2.63. The molecule has 0 radical (unpaired) electrons. The second kappa shape index (κ2) is 8.46. The Morgan fingerprint density at radius 3 is 2.80 bits per heavy atom. The summed E-state index contributed by atoms with van der Waals surface area (Å²) in [5, 5.41) is 10.7. The molecule has 0 amide bonds. The standard InChI is InChI=1S/C20H22N2O3/c1-24-18-7-2-6-17(11-18)20(23)15-22(14-19-8-4-10-25-19)13-16-5-3-9-21-12-16/h2-12,20,23H,13-15H2,1H3. The van der Waals surface area contributed by atoms with Gasteiger partial charge in [-0.1, -0.05) is 18.2 Å². The van der Waals surface area contributed by atoms with Gasteiger partial charge in [0, 0.05) is 25.5 Å². The van der Waals surface area contributed by atoms with Gasteiger partial charge in [0.25, 0.3) is 0 Å². The van der Waals surface area contributed by atoms with Gasteiger partial charge in [0.15, 0.2) is 0 Å². The van der Waals surface area contributed by atoms with Gasteiger partial charge in [-0.3, -0.25) is 9.88 Å². The van der Waals surface area contributed by atoms with E-state index in [2.05, 4.69) is 9.88 Å². The molecule has 130 valence electrons. The summed E-state index contributed by atoms with van der Waals surface area (Å²) < 4.78 is 10.7. The van der Waals surface area contributed by atoms with Gasteiger partial charge in [-0.25, -0.2) is 0 Å². The number of hydrogen-bond acceptors (Lipinski definition) is 5. The molecule has 0 bridgehead atoms. The van der Waals surface area contributed by atoms with Crippen molar-refractivity contribution in [2.45, 2.75) is 19.2 Å². The fourth-order valence-corrected chi connectivity index (χ4v) is 2.76. The number of ether oxygens (including phenoxy) is 1. The number of aromatic nitrogens is 1. The Bertz CT molecular complexity index is 760. The average molecular weight is 338 g/mol. The summed E-state index contributed by atoms with van der Waals surface area (Å²) in [5.74, 6) is 1.60. The number of aliphatic hydroxyl groups excluding tert-OH is 1. The van der Waals surface area contributed by atoms with Crippen molar-refractivity contribution in [1.29, 1.82) is 0 Å². The first-order chi connectivity index (χ1) is 12.2. The van der Waals surface area contributed by atoms with Crippen LogP contribution in [0.3, 0.4) is 0 Å². The molecule has 25 heavy (non-hydrogen) atoms. The third-order valence-electron chi connectivity index (χ3n) is 4.00. The van der Waals surface area contributed by atoms with Crippen molar-refractivity contribution >= 4 is 0 Å². The molecular formula is C20H22N2O3. The summed E-state index contributed by atoms with van der Waals surface area (Å²) in [4.78, 5) is 6.30. The van der Waals surface area contributed by atoms with Crippen molar-refractivity contribution < 1.29 is 14.3 Å². The SMILES string of the molecule is COc1cccc(C(O)CN(Cc2cccnc2)Cc2ccco2)c1. The Labute approximate surface area is 147 Å². The van der Waals surface area contributed by atoms with Crippen LogP contribution in [0.2, 0.25) is 0 Å². The van der Waals surface area contributed by atoms with E-state index in [1.165, 1.54) is 0 Å². The van der Waals surface area contributed by atoms with Crippen LogP contribution in [0.15, 0.2) is 71.6 Å².